The van der Waals surface area contributed by atoms with Crippen molar-refractivity contribution in [1.29, 1.82) is 0 Å². The summed E-state index contributed by atoms with van der Waals surface area (Å²) in [5.74, 6) is 2.05. The summed E-state index contributed by atoms with van der Waals surface area (Å²) in [5.41, 5.74) is 1.13. The summed E-state index contributed by atoms with van der Waals surface area (Å²) in [6, 6.07) is 8.00. The highest BCUT2D eigenvalue weighted by Crippen LogP contribution is 2.30. The Kier molecular flexibility index (Phi) is 4.51. The summed E-state index contributed by atoms with van der Waals surface area (Å²) in [6.45, 7) is 4.69. The summed E-state index contributed by atoms with van der Waals surface area (Å²) in [4.78, 5) is 0. The van der Waals surface area contributed by atoms with Crippen LogP contribution < -0.4 is 5.32 Å². The number of aromatic hydroxyl groups is 1. The van der Waals surface area contributed by atoms with Crippen LogP contribution in [-0.4, -0.2) is 11.1 Å². The average molecular weight is 247 g/mol. The van der Waals surface area contributed by atoms with E-state index in [0.717, 1.165) is 17.5 Å². The van der Waals surface area contributed by atoms with Crippen LogP contribution in [0.2, 0.25) is 0 Å². The van der Waals surface area contributed by atoms with Gasteiger partial charge in [0.2, 0.25) is 0 Å². The van der Waals surface area contributed by atoms with Crippen LogP contribution in [0.15, 0.2) is 24.3 Å². The van der Waals surface area contributed by atoms with E-state index in [-0.39, 0.29) is 0 Å². The lowest BCUT2D eigenvalue weighted by Gasteiger charge is -2.19. The van der Waals surface area contributed by atoms with Gasteiger partial charge >= 0.3 is 0 Å². The smallest absolute Gasteiger partial charge is 0.115 e. The summed E-state index contributed by atoms with van der Waals surface area (Å²) in [6.07, 6.45) is 6.59. The lowest BCUT2D eigenvalue weighted by molar-refractivity contribution is 0.341. The maximum absolute atomic E-state index is 9.28. The van der Waals surface area contributed by atoms with Crippen molar-refractivity contribution in [2.45, 2.75) is 52.0 Å². The molecule has 1 saturated carbocycles. The minimum atomic E-state index is 0.335. The molecule has 2 atom stereocenters. The molecular formula is C16H25NO. The fourth-order valence-corrected chi connectivity index (χ4v) is 2.93. The van der Waals surface area contributed by atoms with Crippen LogP contribution in [0.4, 0.5) is 5.69 Å². The van der Waals surface area contributed by atoms with E-state index in [4.69, 9.17) is 0 Å². The van der Waals surface area contributed by atoms with Gasteiger partial charge in [0, 0.05) is 11.7 Å². The van der Waals surface area contributed by atoms with Gasteiger partial charge in [-0.15, -0.1) is 0 Å². The zero-order valence-electron chi connectivity index (χ0n) is 11.5. The molecular weight excluding hydrogens is 222 g/mol. The van der Waals surface area contributed by atoms with Crippen LogP contribution >= 0.6 is 0 Å². The molecule has 2 rings (SSSR count). The number of hydrogen-bond acceptors (Lipinski definition) is 2. The van der Waals surface area contributed by atoms with Gasteiger partial charge in [-0.25, -0.2) is 0 Å². The van der Waals surface area contributed by atoms with E-state index in [1.807, 2.05) is 12.1 Å². The third-order valence-corrected chi connectivity index (χ3v) is 4.19. The fraction of sp³-hybridized carbons (Fsp3) is 0.625. The van der Waals surface area contributed by atoms with Crippen molar-refractivity contribution in [3.05, 3.63) is 24.3 Å². The third-order valence-electron chi connectivity index (χ3n) is 4.19. The molecule has 0 aliphatic heterocycles. The quantitative estimate of drug-likeness (QED) is 0.612. The molecule has 2 unspecified atom stereocenters. The first-order valence-electron chi connectivity index (χ1n) is 7.20. The predicted molar refractivity (Wildman–Crippen MR) is 76.9 cm³/mol. The number of anilines is 1. The maximum atomic E-state index is 9.28. The summed E-state index contributed by atoms with van der Waals surface area (Å²) < 4.78 is 0. The van der Waals surface area contributed by atoms with E-state index in [9.17, 15) is 5.11 Å². The molecule has 0 spiro atoms. The molecule has 1 aromatic rings. The molecule has 0 bridgehead atoms. The van der Waals surface area contributed by atoms with Crippen LogP contribution in [0.25, 0.3) is 0 Å². The molecule has 2 nitrogen and oxygen atoms in total. The van der Waals surface area contributed by atoms with Crippen LogP contribution in [0, 0.1) is 11.8 Å². The van der Waals surface area contributed by atoms with Gasteiger partial charge < -0.3 is 10.4 Å². The Morgan fingerprint density at radius 2 is 1.78 bits per heavy atom. The second-order valence-electron chi connectivity index (χ2n) is 5.90. The Morgan fingerprint density at radius 1 is 1.06 bits per heavy atom. The van der Waals surface area contributed by atoms with Crippen LogP contribution in [-0.2, 0) is 0 Å². The Hall–Kier alpha value is -1.18. The van der Waals surface area contributed by atoms with Gasteiger partial charge in [0.15, 0.2) is 0 Å². The molecule has 100 valence electrons. The summed E-state index contributed by atoms with van der Waals surface area (Å²) in [7, 11) is 0. The molecule has 2 N–H and O–H groups in total. The van der Waals surface area contributed by atoms with E-state index in [0.29, 0.717) is 11.8 Å². The highest BCUT2D eigenvalue weighted by atomic mass is 16.3. The van der Waals surface area contributed by atoms with Gasteiger partial charge in [-0.3, -0.25) is 0 Å². The van der Waals surface area contributed by atoms with Crippen LogP contribution in [0.3, 0.4) is 0 Å². The normalized spacial score (nSPS) is 24.8. The van der Waals surface area contributed by atoms with E-state index in [1.54, 1.807) is 12.1 Å². The Labute approximate surface area is 110 Å². The molecule has 1 aliphatic carbocycles. The van der Waals surface area contributed by atoms with E-state index in [1.165, 1.54) is 32.1 Å². The Morgan fingerprint density at radius 3 is 2.44 bits per heavy atom. The Bertz CT molecular complexity index is 358. The van der Waals surface area contributed by atoms with Gasteiger partial charge in [0.25, 0.3) is 0 Å². The second kappa shape index (κ2) is 6.12. The zero-order valence-corrected chi connectivity index (χ0v) is 11.5. The lowest BCUT2D eigenvalue weighted by Crippen LogP contribution is -2.18. The van der Waals surface area contributed by atoms with E-state index in [2.05, 4.69) is 19.2 Å². The predicted octanol–water partition coefficient (Wildman–Crippen LogP) is 4.41. The second-order valence-corrected chi connectivity index (χ2v) is 5.90. The lowest BCUT2D eigenvalue weighted by atomic mass is 9.89. The minimum Gasteiger partial charge on any atom is -0.508 e. The monoisotopic (exact) mass is 247 g/mol. The molecule has 0 aromatic heterocycles. The van der Waals surface area contributed by atoms with E-state index >= 15 is 0 Å². The van der Waals surface area contributed by atoms with Gasteiger partial charge in [-0.1, -0.05) is 26.7 Å². The maximum Gasteiger partial charge on any atom is 0.115 e. The molecule has 1 aliphatic rings. The van der Waals surface area contributed by atoms with Gasteiger partial charge in [-0.2, -0.15) is 0 Å². The molecule has 1 aromatic carbocycles. The topological polar surface area (TPSA) is 32.3 Å². The molecule has 0 amide bonds. The first-order chi connectivity index (χ1) is 8.65. The van der Waals surface area contributed by atoms with Crippen molar-refractivity contribution >= 4 is 5.69 Å². The number of rotatable bonds is 3. The number of nitrogens with one attached hydrogen (secondary N) is 1. The number of phenolic OH excluding ortho intramolecular Hbond substituents is 1. The molecule has 2 heteroatoms. The van der Waals surface area contributed by atoms with E-state index < -0.39 is 0 Å². The number of phenols is 1. The van der Waals surface area contributed by atoms with Crippen molar-refractivity contribution in [3.8, 4) is 5.75 Å². The molecule has 1 fully saturated rings. The number of benzene rings is 1. The van der Waals surface area contributed by atoms with Crippen molar-refractivity contribution in [3.63, 3.8) is 0 Å². The van der Waals surface area contributed by atoms with Crippen LogP contribution in [0.1, 0.15) is 46.0 Å². The summed E-state index contributed by atoms with van der Waals surface area (Å²) >= 11 is 0. The SMILES string of the molecule is CC(C)C1CCCC(Nc2ccc(O)cc2)CC1. The molecule has 0 heterocycles. The zero-order chi connectivity index (χ0) is 13.0. The fourth-order valence-electron chi connectivity index (χ4n) is 2.93. The highest BCUT2D eigenvalue weighted by Gasteiger charge is 2.20. The standard InChI is InChI=1S/C16H25NO/c1-12(2)13-4-3-5-14(7-6-13)17-15-8-10-16(18)11-9-15/h8-14,17-18H,3-7H2,1-2H3. The highest BCUT2D eigenvalue weighted by molar-refractivity contribution is 5.46. The van der Waals surface area contributed by atoms with Gasteiger partial charge in [-0.05, 0) is 55.4 Å². The average Bonchev–Trinajstić information content (AvgIpc) is 2.58. The Balaban J connectivity index is 1.88. The molecule has 0 saturated heterocycles. The van der Waals surface area contributed by atoms with Crippen molar-refractivity contribution in [1.82, 2.24) is 0 Å². The van der Waals surface area contributed by atoms with Crippen molar-refractivity contribution < 1.29 is 5.11 Å². The first kappa shape index (κ1) is 13.3. The minimum absolute atomic E-state index is 0.335. The van der Waals surface area contributed by atoms with Crippen molar-refractivity contribution in [2.75, 3.05) is 5.32 Å². The third kappa shape index (κ3) is 3.66. The summed E-state index contributed by atoms with van der Waals surface area (Å²) in [5, 5.41) is 12.9. The van der Waals surface area contributed by atoms with Crippen LogP contribution in [0.5, 0.6) is 5.75 Å². The van der Waals surface area contributed by atoms with Gasteiger partial charge in [0.05, 0.1) is 0 Å². The van der Waals surface area contributed by atoms with Crippen molar-refractivity contribution in [2.24, 2.45) is 11.8 Å². The number of hydrogen-bond donors (Lipinski definition) is 2. The first-order valence-corrected chi connectivity index (χ1v) is 7.20. The molecule has 0 radical (unpaired) electrons. The largest absolute Gasteiger partial charge is 0.508 e. The van der Waals surface area contributed by atoms with Gasteiger partial charge in [0.1, 0.15) is 5.75 Å². The molecule has 18 heavy (non-hydrogen) atoms.